The maximum atomic E-state index is 9.24. The van der Waals surface area contributed by atoms with Gasteiger partial charge in [-0.2, -0.15) is 5.26 Å². The molecule has 3 aromatic rings. The zero-order valence-corrected chi connectivity index (χ0v) is 13.4. The Bertz CT molecular complexity index is 839. The molecule has 0 aliphatic heterocycles. The summed E-state index contributed by atoms with van der Waals surface area (Å²) in [5, 5.41) is 9.03. The maximum absolute atomic E-state index is 9.24. The molecule has 1 atom stereocenters. The minimum atomic E-state index is -0.204. The first kappa shape index (κ1) is 14.1. The van der Waals surface area contributed by atoms with E-state index in [0.717, 1.165) is 23.4 Å². The molecule has 3 rings (SSSR count). The van der Waals surface area contributed by atoms with Crippen LogP contribution in [0.25, 0.3) is 11.0 Å². The fraction of sp³-hybridized carbons (Fsp3) is 0.250. The van der Waals surface area contributed by atoms with Crippen molar-refractivity contribution < 1.29 is 0 Å². The third-order valence-electron chi connectivity index (χ3n) is 3.39. The molecule has 3 nitrogen and oxygen atoms in total. The van der Waals surface area contributed by atoms with Gasteiger partial charge in [0.25, 0.3) is 0 Å². The van der Waals surface area contributed by atoms with E-state index in [0.29, 0.717) is 5.56 Å². The number of fused-ring (bicyclic) bond motifs is 1. The molecular weight excluding hydrogens is 302 g/mol. The fourth-order valence-corrected chi connectivity index (χ4v) is 3.50. The second-order valence-electron chi connectivity index (χ2n) is 4.97. The van der Waals surface area contributed by atoms with Crippen LogP contribution < -0.4 is 0 Å². The number of hydrogen-bond donors (Lipinski definition) is 0. The number of nitrogens with zero attached hydrogens (tertiary/aromatic N) is 3. The first-order valence-electron chi connectivity index (χ1n) is 6.69. The quantitative estimate of drug-likeness (QED) is 0.661. The van der Waals surface area contributed by atoms with Crippen LogP contribution in [0.3, 0.4) is 0 Å². The van der Waals surface area contributed by atoms with Crippen LogP contribution in [0.15, 0.2) is 30.3 Å². The standard InChI is InChI=1S/C16H14ClN3S/c1-10-6-7-13(21-10)9-20-14-5-3-4-12(8-18)15(14)19-16(20)11(2)17/h3-7,11H,9H2,1-2H3. The van der Waals surface area contributed by atoms with Gasteiger partial charge < -0.3 is 4.57 Å². The Morgan fingerprint density at radius 1 is 1.38 bits per heavy atom. The number of halogens is 1. The van der Waals surface area contributed by atoms with Gasteiger partial charge in [0.05, 0.1) is 23.0 Å². The zero-order valence-electron chi connectivity index (χ0n) is 11.8. The maximum Gasteiger partial charge on any atom is 0.128 e. The van der Waals surface area contributed by atoms with Crippen LogP contribution in [0.2, 0.25) is 0 Å². The molecule has 0 N–H and O–H groups in total. The number of nitriles is 1. The average molecular weight is 316 g/mol. The highest BCUT2D eigenvalue weighted by molar-refractivity contribution is 7.11. The van der Waals surface area contributed by atoms with Crippen molar-refractivity contribution in [2.24, 2.45) is 0 Å². The van der Waals surface area contributed by atoms with Gasteiger partial charge >= 0.3 is 0 Å². The summed E-state index contributed by atoms with van der Waals surface area (Å²) in [5.41, 5.74) is 2.28. The highest BCUT2D eigenvalue weighted by Crippen LogP contribution is 2.28. The van der Waals surface area contributed by atoms with E-state index >= 15 is 0 Å². The minimum absolute atomic E-state index is 0.204. The van der Waals surface area contributed by atoms with E-state index in [-0.39, 0.29) is 5.38 Å². The van der Waals surface area contributed by atoms with E-state index in [4.69, 9.17) is 11.6 Å². The van der Waals surface area contributed by atoms with Crippen molar-refractivity contribution in [1.82, 2.24) is 9.55 Å². The van der Waals surface area contributed by atoms with E-state index in [1.807, 2.05) is 19.1 Å². The lowest BCUT2D eigenvalue weighted by Gasteiger charge is -2.09. The predicted molar refractivity (Wildman–Crippen MR) is 86.9 cm³/mol. The lowest BCUT2D eigenvalue weighted by Crippen LogP contribution is -2.04. The summed E-state index contributed by atoms with van der Waals surface area (Å²) in [7, 11) is 0. The second-order valence-corrected chi connectivity index (χ2v) is 7.00. The zero-order chi connectivity index (χ0) is 15.0. The smallest absolute Gasteiger partial charge is 0.128 e. The second kappa shape index (κ2) is 5.51. The largest absolute Gasteiger partial charge is 0.321 e. The number of alkyl halides is 1. The van der Waals surface area contributed by atoms with E-state index < -0.39 is 0 Å². The average Bonchev–Trinajstić information content (AvgIpc) is 3.03. The molecule has 2 aromatic heterocycles. The van der Waals surface area contributed by atoms with Crippen LogP contribution in [-0.2, 0) is 6.54 Å². The predicted octanol–water partition coefficient (Wildman–Crippen LogP) is 4.63. The van der Waals surface area contributed by atoms with E-state index in [9.17, 15) is 5.26 Å². The van der Waals surface area contributed by atoms with Gasteiger partial charge in [0.15, 0.2) is 0 Å². The van der Waals surface area contributed by atoms with Gasteiger partial charge in [0.2, 0.25) is 0 Å². The van der Waals surface area contributed by atoms with Gasteiger partial charge in [-0.1, -0.05) is 6.07 Å². The van der Waals surface area contributed by atoms with Crippen molar-refractivity contribution in [1.29, 1.82) is 5.26 Å². The van der Waals surface area contributed by atoms with E-state index in [2.05, 4.69) is 34.7 Å². The number of thiophene rings is 1. The molecule has 1 aromatic carbocycles. The molecule has 0 fully saturated rings. The number of aryl methyl sites for hydroxylation is 1. The van der Waals surface area contributed by atoms with Gasteiger partial charge in [-0.3, -0.25) is 0 Å². The molecular formula is C16H14ClN3S. The number of aromatic nitrogens is 2. The van der Waals surface area contributed by atoms with Gasteiger partial charge in [-0.25, -0.2) is 4.98 Å². The molecule has 106 valence electrons. The van der Waals surface area contributed by atoms with Crippen LogP contribution in [0.1, 0.15) is 33.4 Å². The molecule has 2 heterocycles. The Hall–Kier alpha value is -1.83. The van der Waals surface area contributed by atoms with Gasteiger partial charge in [-0.15, -0.1) is 22.9 Å². The van der Waals surface area contributed by atoms with Crippen LogP contribution in [0.4, 0.5) is 0 Å². The molecule has 0 aliphatic rings. The topological polar surface area (TPSA) is 41.6 Å². The summed E-state index contributed by atoms with van der Waals surface area (Å²) < 4.78 is 2.11. The number of imidazole rings is 1. The first-order chi connectivity index (χ1) is 10.1. The Morgan fingerprint density at radius 3 is 2.81 bits per heavy atom. The van der Waals surface area contributed by atoms with Crippen molar-refractivity contribution in [2.75, 3.05) is 0 Å². The lowest BCUT2D eigenvalue weighted by molar-refractivity contribution is 0.750. The molecule has 0 saturated carbocycles. The van der Waals surface area contributed by atoms with Gasteiger partial charge in [0.1, 0.15) is 17.4 Å². The van der Waals surface area contributed by atoms with Gasteiger partial charge in [-0.05, 0) is 38.1 Å². The van der Waals surface area contributed by atoms with Gasteiger partial charge in [0, 0.05) is 9.75 Å². The Labute approximate surface area is 132 Å². The van der Waals surface area contributed by atoms with Crippen molar-refractivity contribution in [3.63, 3.8) is 0 Å². The lowest BCUT2D eigenvalue weighted by atomic mass is 10.2. The summed E-state index contributed by atoms with van der Waals surface area (Å²) in [4.78, 5) is 7.14. The number of benzene rings is 1. The summed E-state index contributed by atoms with van der Waals surface area (Å²) in [6, 6.07) is 12.1. The summed E-state index contributed by atoms with van der Waals surface area (Å²) >= 11 is 8.05. The van der Waals surface area contributed by atoms with Crippen LogP contribution in [0, 0.1) is 18.3 Å². The van der Waals surface area contributed by atoms with E-state index in [1.165, 1.54) is 9.75 Å². The van der Waals surface area contributed by atoms with Crippen LogP contribution >= 0.6 is 22.9 Å². The van der Waals surface area contributed by atoms with Crippen molar-refractivity contribution in [3.05, 3.63) is 51.5 Å². The third-order valence-corrected chi connectivity index (χ3v) is 4.58. The molecule has 1 unspecified atom stereocenters. The molecule has 0 saturated heterocycles. The normalized spacial score (nSPS) is 12.5. The molecule has 5 heteroatoms. The minimum Gasteiger partial charge on any atom is -0.321 e. The Balaban J connectivity index is 2.19. The first-order valence-corrected chi connectivity index (χ1v) is 7.94. The summed E-state index contributed by atoms with van der Waals surface area (Å²) in [6.45, 7) is 4.74. The van der Waals surface area contributed by atoms with Crippen LogP contribution in [0.5, 0.6) is 0 Å². The number of hydrogen-bond acceptors (Lipinski definition) is 3. The Morgan fingerprint density at radius 2 is 2.19 bits per heavy atom. The van der Waals surface area contributed by atoms with Crippen LogP contribution in [-0.4, -0.2) is 9.55 Å². The molecule has 0 aliphatic carbocycles. The Kier molecular flexibility index (Phi) is 3.71. The highest BCUT2D eigenvalue weighted by atomic mass is 35.5. The third kappa shape index (κ3) is 2.55. The van der Waals surface area contributed by atoms with Crippen molar-refractivity contribution >= 4 is 34.0 Å². The number of rotatable bonds is 3. The van der Waals surface area contributed by atoms with Crippen molar-refractivity contribution in [2.45, 2.75) is 25.8 Å². The monoisotopic (exact) mass is 315 g/mol. The number of para-hydroxylation sites is 1. The summed E-state index contributed by atoms with van der Waals surface area (Å²) in [5.74, 6) is 0.806. The molecule has 0 radical (unpaired) electrons. The molecule has 0 bridgehead atoms. The van der Waals surface area contributed by atoms with E-state index in [1.54, 1.807) is 17.4 Å². The highest BCUT2D eigenvalue weighted by Gasteiger charge is 2.17. The molecule has 0 spiro atoms. The summed E-state index contributed by atoms with van der Waals surface area (Å²) in [6.07, 6.45) is 0. The van der Waals surface area contributed by atoms with Crippen molar-refractivity contribution in [3.8, 4) is 6.07 Å². The fourth-order valence-electron chi connectivity index (χ4n) is 2.45. The SMILES string of the molecule is Cc1ccc(Cn2c(C(C)Cl)nc3c(C#N)cccc32)s1. The molecule has 21 heavy (non-hydrogen) atoms. The molecule has 0 amide bonds.